The molecule has 0 amide bonds. The molecule has 0 unspecified atom stereocenters. The van der Waals surface area contributed by atoms with E-state index in [4.69, 9.17) is 7.73 Å². The normalized spacial score (nSPS) is 13.7. The molecule has 0 atom stereocenters. The van der Waals surface area contributed by atoms with Crippen LogP contribution in [0.4, 0.5) is 0 Å². The van der Waals surface area contributed by atoms with Gasteiger partial charge in [-0.05, 0) is 99.9 Å². The maximum absolute atomic E-state index is 12.3. The molecule has 3 nitrogen and oxygen atoms in total. The van der Waals surface area contributed by atoms with Gasteiger partial charge in [0.2, 0.25) is 0 Å². The van der Waals surface area contributed by atoms with Crippen molar-refractivity contribution in [1.82, 2.24) is 4.98 Å². The van der Waals surface area contributed by atoms with E-state index in [1.807, 2.05) is 34.6 Å². The maximum Gasteiger partial charge on any atom is 0.165 e. The number of aromatic nitrogens is 1. The van der Waals surface area contributed by atoms with Crippen LogP contribution in [0.25, 0.3) is 43.6 Å². The van der Waals surface area contributed by atoms with E-state index in [1.54, 1.807) is 11.8 Å². The fourth-order valence-electron chi connectivity index (χ4n) is 7.81. The fraction of sp³-hybridized carbons (Fsp3) is 0.458. The van der Waals surface area contributed by atoms with Gasteiger partial charge in [-0.15, -0.1) is 29.3 Å². The van der Waals surface area contributed by atoms with Gasteiger partial charge in [-0.1, -0.05) is 129 Å². The van der Waals surface area contributed by atoms with Gasteiger partial charge in [0.25, 0.3) is 0 Å². The van der Waals surface area contributed by atoms with Gasteiger partial charge >= 0.3 is 0 Å². The van der Waals surface area contributed by atoms with Gasteiger partial charge in [0.1, 0.15) is 0 Å². The van der Waals surface area contributed by atoms with Crippen LogP contribution in [-0.2, 0) is 37.7 Å². The summed E-state index contributed by atoms with van der Waals surface area (Å²) in [6.07, 6.45) is 7.66. The van der Waals surface area contributed by atoms with Crippen LogP contribution in [0.5, 0.6) is 0 Å². The summed E-state index contributed by atoms with van der Waals surface area (Å²) in [6.45, 7) is 23.9. The van der Waals surface area contributed by atoms with Gasteiger partial charge in [0, 0.05) is 54.3 Å². The molecule has 0 fully saturated rings. The number of ketones is 1. The second-order valence-corrected chi connectivity index (χ2v) is 18.1. The molecule has 6 rings (SSSR count). The molecule has 0 spiro atoms. The number of rotatable bonds is 10. The van der Waals surface area contributed by atoms with Crippen molar-refractivity contribution in [2.75, 3.05) is 0 Å². The van der Waals surface area contributed by atoms with E-state index in [9.17, 15) is 9.90 Å². The zero-order valence-electron chi connectivity index (χ0n) is 35.8. The number of benzene rings is 4. The van der Waals surface area contributed by atoms with E-state index in [0.717, 1.165) is 82.6 Å². The molecule has 4 aromatic carbocycles. The molecule has 1 radical (unpaired) electrons. The second-order valence-electron chi connectivity index (χ2n) is 17.1. The number of aliphatic hydroxyl groups is 1. The number of nitrogens with zero attached hydrogens (tertiary/aromatic N) is 1. The van der Waals surface area contributed by atoms with Crippen LogP contribution in [0.2, 0.25) is 0 Å². The zero-order valence-corrected chi connectivity index (χ0v) is 37.0. The van der Waals surface area contributed by atoms with E-state index >= 15 is 0 Å². The Labute approximate surface area is 340 Å². The minimum atomic E-state index is -0.278. The Morgan fingerprint density at radius 2 is 1.49 bits per heavy atom. The number of fused-ring (bicyclic) bond motifs is 5. The van der Waals surface area contributed by atoms with E-state index in [-0.39, 0.29) is 66.0 Å². The summed E-state index contributed by atoms with van der Waals surface area (Å²) in [7, 11) is 0. The minimum Gasteiger partial charge on any atom is -0.512 e. The third kappa shape index (κ3) is 9.12. The molecule has 1 aromatic heterocycles. The first-order valence-electron chi connectivity index (χ1n) is 20.4. The third-order valence-corrected chi connectivity index (χ3v) is 12.1. The molecule has 1 aliphatic heterocycles. The summed E-state index contributed by atoms with van der Waals surface area (Å²) in [5.41, 5.74) is 4.35. The van der Waals surface area contributed by atoms with Crippen LogP contribution < -0.4 is 0 Å². The molecule has 5 heteroatoms. The van der Waals surface area contributed by atoms with Gasteiger partial charge < -0.3 is 5.11 Å². The smallest absolute Gasteiger partial charge is 0.165 e. The van der Waals surface area contributed by atoms with Crippen LogP contribution in [-0.4, -0.2) is 15.9 Å². The monoisotopic (exact) mass is 909 g/mol. The van der Waals surface area contributed by atoms with E-state index < -0.39 is 0 Å². The van der Waals surface area contributed by atoms with Crippen LogP contribution in [0, 0.1) is 28.2 Å². The predicted molar refractivity (Wildman–Crippen MR) is 225 cm³/mol. The van der Waals surface area contributed by atoms with Crippen molar-refractivity contribution in [2.45, 2.75) is 131 Å². The van der Waals surface area contributed by atoms with E-state index in [0.29, 0.717) is 0 Å². The first-order chi connectivity index (χ1) is 25.4. The molecule has 285 valence electrons. The summed E-state index contributed by atoms with van der Waals surface area (Å²) in [6, 6.07) is 21.1. The number of pyridine rings is 1. The first-order valence-corrected chi connectivity index (χ1v) is 20.2. The van der Waals surface area contributed by atoms with Crippen LogP contribution in [0.3, 0.4) is 0 Å². The number of aliphatic hydroxyl groups excluding tert-OH is 1. The van der Waals surface area contributed by atoms with Crippen molar-refractivity contribution < 1.29 is 32.7 Å². The molecule has 5 aromatic rings. The third-order valence-electron chi connectivity index (χ3n) is 10.9. The number of carbonyl (C=O) groups is 1. The molecule has 0 aliphatic carbocycles. The SMILES string of the molecule is CCC(CC)/C(O)=C/C(=O)C(CC)(CC)CC.[2H]c1nc2c3c(cc4c(CC(C)(C)C)cccc4c3c1[2H])Sc1c-2[c-]c2ccccc2c1CC(C)(C)C.[Ir]. The van der Waals surface area contributed by atoms with Gasteiger partial charge in [-0.2, -0.15) is 0 Å². The topological polar surface area (TPSA) is 50.2 Å². The standard InChI is InChI=1S/C33H32NS.C15H28O2.Ir/c1-32(2,3)18-21-11-9-13-23-24-14-15-34-30-26-16-20-10-7-8-12-22(20)27(19-33(4,5)6)31(26)35-28(29(24)30)17-25(21)23;1-6-12(7-2)13(16)11-14(17)15(8-3,9-4)10-5;/h7-15,17H,18-19H2,1-6H3;11-12,16H,6-10H2,1-5H3;/q-1;;/b;13-11-;/i14D,15D;;. The van der Waals surface area contributed by atoms with Gasteiger partial charge in [-0.25, -0.2) is 0 Å². The van der Waals surface area contributed by atoms with E-state index in [2.05, 4.69) is 96.1 Å². The van der Waals surface area contributed by atoms with Gasteiger partial charge in [0.05, 0.1) is 8.50 Å². The summed E-state index contributed by atoms with van der Waals surface area (Å²) in [5, 5.41) is 16.3. The number of allylic oxidation sites excluding steroid dienone is 2. The van der Waals surface area contributed by atoms with Crippen LogP contribution in [0.1, 0.15) is 122 Å². The summed E-state index contributed by atoms with van der Waals surface area (Å²) < 4.78 is 17.6. The Bertz CT molecular complexity index is 2210. The van der Waals surface area contributed by atoms with Crippen molar-refractivity contribution in [3.05, 3.63) is 89.8 Å². The number of hydrogen-bond acceptors (Lipinski definition) is 4. The molecule has 53 heavy (non-hydrogen) atoms. The Morgan fingerprint density at radius 3 is 2.09 bits per heavy atom. The summed E-state index contributed by atoms with van der Waals surface area (Å²) in [5.74, 6) is 0.483. The van der Waals surface area contributed by atoms with Crippen molar-refractivity contribution in [2.24, 2.45) is 22.2 Å². The predicted octanol–water partition coefficient (Wildman–Crippen LogP) is 14.3. The Kier molecular flexibility index (Phi) is 12.9. The molecule has 0 saturated heterocycles. The molecule has 1 N–H and O–H groups in total. The summed E-state index contributed by atoms with van der Waals surface area (Å²) >= 11 is 1.80. The first kappa shape index (κ1) is 39.7. The second kappa shape index (κ2) is 17.2. The van der Waals surface area contributed by atoms with Crippen molar-refractivity contribution in [3.8, 4) is 11.3 Å². The average molecular weight is 909 g/mol. The molecule has 0 bridgehead atoms. The minimum absolute atomic E-state index is 0. The zero-order chi connectivity index (χ0) is 39.7. The summed E-state index contributed by atoms with van der Waals surface area (Å²) in [4.78, 5) is 19.3. The average Bonchev–Trinajstić information content (AvgIpc) is 3.11. The van der Waals surface area contributed by atoms with Crippen LogP contribution >= 0.6 is 11.8 Å². The fourth-order valence-corrected chi connectivity index (χ4v) is 9.06. The van der Waals surface area contributed by atoms with Gasteiger partial charge in [0.15, 0.2) is 5.78 Å². The molecule has 0 saturated carbocycles. The number of hydrogen-bond donors (Lipinski definition) is 1. The van der Waals surface area contributed by atoms with Crippen molar-refractivity contribution in [3.63, 3.8) is 0 Å². The Balaban J connectivity index is 0.000000320. The molecule has 2 heterocycles. The Morgan fingerprint density at radius 1 is 0.868 bits per heavy atom. The quantitative estimate of drug-likeness (QED) is 0.0644. The molecular formula is C48H60IrNO2S-. The van der Waals surface area contributed by atoms with Gasteiger partial charge in [-0.3, -0.25) is 9.78 Å². The van der Waals surface area contributed by atoms with Crippen molar-refractivity contribution >= 4 is 49.9 Å². The molecule has 1 aliphatic rings. The maximum atomic E-state index is 12.3. The largest absolute Gasteiger partial charge is 0.512 e. The van der Waals surface area contributed by atoms with Crippen molar-refractivity contribution in [1.29, 1.82) is 0 Å². The Hall–Kier alpha value is -2.98. The molecular weight excluding hydrogens is 847 g/mol. The van der Waals surface area contributed by atoms with E-state index in [1.165, 1.54) is 32.9 Å². The van der Waals surface area contributed by atoms with Crippen LogP contribution in [0.15, 0.2) is 82.4 Å². The number of carbonyl (C=O) groups excluding carboxylic acids is 1.